The third-order valence-electron chi connectivity index (χ3n) is 16.2. The van der Waals surface area contributed by atoms with Gasteiger partial charge in [0.05, 0.1) is 11.8 Å². The van der Waals surface area contributed by atoms with Crippen molar-refractivity contribution in [2.24, 2.45) is 56.7 Å². The molecule has 5 aliphatic carbocycles. The summed E-state index contributed by atoms with van der Waals surface area (Å²) < 4.78 is 6.17. The molecule has 1 saturated heterocycles. The average molecular weight is 653 g/mol. The van der Waals surface area contributed by atoms with Crippen LogP contribution in [0.3, 0.4) is 0 Å². The number of carbonyl (C=O) groups excluding carboxylic acids is 2. The molecule has 6 fully saturated rings. The maximum absolute atomic E-state index is 13.6. The first kappa shape index (κ1) is 34.8. The number of amides is 2. The molecule has 264 valence electrons. The number of aliphatic carboxylic acids is 1. The van der Waals surface area contributed by atoms with E-state index in [0.717, 1.165) is 70.9 Å². The Morgan fingerprint density at radius 1 is 0.872 bits per heavy atom. The largest absolute Gasteiger partial charge is 0.481 e. The Hall–Kier alpha value is -2.05. The fourth-order valence-corrected chi connectivity index (χ4v) is 13.4. The van der Waals surface area contributed by atoms with Gasteiger partial charge in [-0.3, -0.25) is 9.59 Å². The van der Waals surface area contributed by atoms with Crippen LogP contribution < -0.4 is 5.32 Å². The highest BCUT2D eigenvalue weighted by Crippen LogP contribution is 2.76. The number of rotatable bonds is 6. The van der Waals surface area contributed by atoms with E-state index in [-0.39, 0.29) is 51.7 Å². The molecule has 6 rings (SSSR count). The predicted molar refractivity (Wildman–Crippen MR) is 185 cm³/mol. The number of esters is 1. The summed E-state index contributed by atoms with van der Waals surface area (Å²) in [6.07, 6.45) is 12.9. The molecule has 0 unspecified atom stereocenters. The Bertz CT molecular complexity index is 1300. The predicted octanol–water partition coefficient (Wildman–Crippen LogP) is 8.61. The normalized spacial score (nSPS) is 44.0. The van der Waals surface area contributed by atoms with E-state index in [4.69, 9.17) is 4.74 Å². The van der Waals surface area contributed by atoms with Crippen molar-refractivity contribution in [3.8, 4) is 0 Å². The summed E-state index contributed by atoms with van der Waals surface area (Å²) in [7, 11) is 0. The zero-order valence-corrected chi connectivity index (χ0v) is 30.8. The summed E-state index contributed by atoms with van der Waals surface area (Å²) in [6, 6.07) is 0.164. The lowest BCUT2D eigenvalue weighted by molar-refractivity contribution is -0.246. The summed E-state index contributed by atoms with van der Waals surface area (Å²) in [6.45, 7) is 24.2. The number of allylic oxidation sites excluding steroid dienone is 1. The standard InChI is InChI=1S/C40H64N2O5/c1-25(2)26-14-19-40(41-34(46)42-22-10-11-23-42)21-20-38(8)27(32(26)40)12-13-29-37(7)17-16-30(47-31(43)24-35(3,4)33(44)45)36(5,6)28(37)15-18-39(29,38)9/h26-30,32H,1,10-24H2,2-9H3,(H,41,46)(H,44,45)/t26-,27+,28-,29+,30-,32+,37-,38+,39+,40-/m0/s1. The average Bonchev–Trinajstić information content (AvgIpc) is 3.64. The third kappa shape index (κ3) is 5.20. The van der Waals surface area contributed by atoms with Crippen molar-refractivity contribution in [1.82, 2.24) is 10.2 Å². The number of nitrogens with zero attached hydrogens (tertiary/aromatic N) is 1. The fraction of sp³-hybridized carbons (Fsp3) is 0.875. The lowest BCUT2D eigenvalue weighted by atomic mass is 9.32. The van der Waals surface area contributed by atoms with Gasteiger partial charge in [0.25, 0.3) is 0 Å². The van der Waals surface area contributed by atoms with Crippen LogP contribution in [0.1, 0.15) is 139 Å². The van der Waals surface area contributed by atoms with Gasteiger partial charge in [-0.2, -0.15) is 0 Å². The van der Waals surface area contributed by atoms with Crippen LogP contribution >= 0.6 is 0 Å². The molecule has 0 aromatic heterocycles. The van der Waals surface area contributed by atoms with Crippen LogP contribution in [-0.2, 0) is 14.3 Å². The van der Waals surface area contributed by atoms with Gasteiger partial charge >= 0.3 is 18.0 Å². The number of hydrogen-bond donors (Lipinski definition) is 2. The maximum Gasteiger partial charge on any atom is 0.317 e. The van der Waals surface area contributed by atoms with Crippen molar-refractivity contribution in [1.29, 1.82) is 0 Å². The monoisotopic (exact) mass is 652 g/mol. The summed E-state index contributed by atoms with van der Waals surface area (Å²) in [4.78, 5) is 40.4. The topological polar surface area (TPSA) is 95.9 Å². The Morgan fingerprint density at radius 2 is 1.55 bits per heavy atom. The van der Waals surface area contributed by atoms with Crippen molar-refractivity contribution >= 4 is 18.0 Å². The van der Waals surface area contributed by atoms with Gasteiger partial charge in [-0.05, 0) is 144 Å². The minimum atomic E-state index is -1.14. The molecule has 2 amide bonds. The molecule has 0 radical (unpaired) electrons. The second kappa shape index (κ2) is 11.5. The molecule has 2 N–H and O–H groups in total. The van der Waals surface area contributed by atoms with Crippen molar-refractivity contribution in [3.63, 3.8) is 0 Å². The summed E-state index contributed by atoms with van der Waals surface area (Å²) in [5, 5.41) is 13.3. The SMILES string of the molecule is C=C(C)[C@@H]1CC[C@]2(NC(=O)N3CCCC3)CC[C@]3(C)[C@H](CC[C@@H]4[C@@]5(C)CC[C@H](OC(=O)CC(C)(C)C(=O)O)C(C)(C)[C@@H]5CC[C@]43C)[C@@H]12. The second-order valence-electron chi connectivity index (χ2n) is 19.2. The van der Waals surface area contributed by atoms with E-state index >= 15 is 0 Å². The first-order valence-corrected chi connectivity index (χ1v) is 19.0. The third-order valence-corrected chi connectivity index (χ3v) is 16.2. The van der Waals surface area contributed by atoms with Gasteiger partial charge in [-0.25, -0.2) is 4.79 Å². The van der Waals surface area contributed by atoms with Gasteiger partial charge in [-0.1, -0.05) is 46.8 Å². The van der Waals surface area contributed by atoms with Crippen molar-refractivity contribution < 1.29 is 24.2 Å². The highest BCUT2D eigenvalue weighted by molar-refractivity contribution is 5.81. The number of ether oxygens (including phenoxy) is 1. The van der Waals surface area contributed by atoms with Crippen LogP contribution in [0.2, 0.25) is 0 Å². The first-order chi connectivity index (χ1) is 21.8. The van der Waals surface area contributed by atoms with E-state index < -0.39 is 11.4 Å². The lowest BCUT2D eigenvalue weighted by Crippen LogP contribution is -2.69. The Labute approximate surface area is 284 Å². The Morgan fingerprint density at radius 3 is 2.19 bits per heavy atom. The Balaban J connectivity index is 1.25. The van der Waals surface area contributed by atoms with Crippen LogP contribution in [0.5, 0.6) is 0 Å². The minimum absolute atomic E-state index is 0.108. The van der Waals surface area contributed by atoms with Gasteiger partial charge in [0.15, 0.2) is 0 Å². The number of carbonyl (C=O) groups is 3. The summed E-state index contributed by atoms with van der Waals surface area (Å²) in [5.74, 6) is 1.12. The molecular weight excluding hydrogens is 588 g/mol. The van der Waals surface area contributed by atoms with Gasteiger partial charge in [0.2, 0.25) is 0 Å². The van der Waals surface area contributed by atoms with Crippen LogP contribution in [0, 0.1) is 56.7 Å². The van der Waals surface area contributed by atoms with E-state index in [1.165, 1.54) is 24.8 Å². The van der Waals surface area contributed by atoms with E-state index in [9.17, 15) is 19.5 Å². The molecule has 7 nitrogen and oxygen atoms in total. The molecule has 0 aromatic carbocycles. The van der Waals surface area contributed by atoms with Gasteiger partial charge < -0.3 is 20.1 Å². The quantitative estimate of drug-likeness (QED) is 0.221. The fourth-order valence-electron chi connectivity index (χ4n) is 13.4. The van der Waals surface area contributed by atoms with Crippen molar-refractivity contribution in [2.75, 3.05) is 13.1 Å². The van der Waals surface area contributed by atoms with E-state index in [0.29, 0.717) is 29.6 Å². The molecule has 1 aliphatic heterocycles. The highest BCUT2D eigenvalue weighted by Gasteiger charge is 2.71. The van der Waals surface area contributed by atoms with Crippen LogP contribution in [-0.4, -0.2) is 52.7 Å². The zero-order chi connectivity index (χ0) is 34.4. The van der Waals surface area contributed by atoms with E-state index in [2.05, 4.69) is 58.3 Å². The lowest BCUT2D eigenvalue weighted by Gasteiger charge is -2.73. The number of carboxylic acid groups (broad SMARTS) is 1. The van der Waals surface area contributed by atoms with E-state index in [1.54, 1.807) is 13.8 Å². The second-order valence-corrected chi connectivity index (χ2v) is 19.2. The van der Waals surface area contributed by atoms with Gasteiger partial charge in [-0.15, -0.1) is 0 Å². The summed E-state index contributed by atoms with van der Waals surface area (Å²) >= 11 is 0. The molecule has 0 bridgehead atoms. The highest BCUT2D eigenvalue weighted by atomic mass is 16.5. The molecular formula is C40H64N2O5. The Kier molecular flexibility index (Phi) is 8.52. The molecule has 6 aliphatic rings. The maximum atomic E-state index is 13.6. The summed E-state index contributed by atoms with van der Waals surface area (Å²) in [5.41, 5.74) is 0.368. The zero-order valence-electron chi connectivity index (χ0n) is 30.8. The van der Waals surface area contributed by atoms with Crippen molar-refractivity contribution in [3.05, 3.63) is 12.2 Å². The molecule has 1 heterocycles. The van der Waals surface area contributed by atoms with Crippen LogP contribution in [0.15, 0.2) is 12.2 Å². The smallest absolute Gasteiger partial charge is 0.317 e. The number of carboxylic acids is 1. The van der Waals surface area contributed by atoms with Gasteiger partial charge in [0, 0.05) is 24.0 Å². The van der Waals surface area contributed by atoms with Gasteiger partial charge in [0.1, 0.15) is 6.10 Å². The molecule has 47 heavy (non-hydrogen) atoms. The molecule has 0 spiro atoms. The molecule has 5 saturated carbocycles. The minimum Gasteiger partial charge on any atom is -0.481 e. The number of fused-ring (bicyclic) bond motifs is 7. The van der Waals surface area contributed by atoms with Crippen molar-refractivity contribution in [2.45, 2.75) is 151 Å². The first-order valence-electron chi connectivity index (χ1n) is 19.0. The number of nitrogens with one attached hydrogen (secondary N) is 1. The molecule has 7 heteroatoms. The molecule has 0 aromatic rings. The van der Waals surface area contributed by atoms with Crippen LogP contribution in [0.4, 0.5) is 4.79 Å². The van der Waals surface area contributed by atoms with E-state index in [1.807, 2.05) is 0 Å². The number of likely N-dealkylation sites (tertiary alicyclic amines) is 1. The number of urea groups is 1. The molecule has 10 atom stereocenters. The number of hydrogen-bond acceptors (Lipinski definition) is 4. The van der Waals surface area contributed by atoms with Crippen LogP contribution in [0.25, 0.3) is 0 Å².